The van der Waals surface area contributed by atoms with E-state index in [9.17, 15) is 4.79 Å². The van der Waals surface area contributed by atoms with Gasteiger partial charge in [-0.1, -0.05) is 12.1 Å². The minimum atomic E-state index is -0.160. The van der Waals surface area contributed by atoms with Gasteiger partial charge in [0.25, 0.3) is 0 Å². The molecule has 7 nitrogen and oxygen atoms in total. The second-order valence-corrected chi connectivity index (χ2v) is 5.63. The first-order valence-electron chi connectivity index (χ1n) is 7.37. The van der Waals surface area contributed by atoms with Crippen molar-refractivity contribution in [2.24, 2.45) is 5.92 Å². The number of amides is 1. The van der Waals surface area contributed by atoms with Crippen LogP contribution in [0.4, 0.5) is 5.82 Å². The summed E-state index contributed by atoms with van der Waals surface area (Å²) in [5.41, 5.74) is 1.06. The lowest BCUT2D eigenvalue weighted by Crippen LogP contribution is -2.19. The second kappa shape index (κ2) is 5.25. The van der Waals surface area contributed by atoms with Crippen LogP contribution in [0.2, 0.25) is 0 Å². The number of nitrogens with one attached hydrogen (secondary N) is 1. The number of carbonyl (C=O) groups excluding carboxylic acids is 1. The van der Waals surface area contributed by atoms with E-state index in [-0.39, 0.29) is 12.5 Å². The molecule has 1 amide bonds. The Kier molecular flexibility index (Phi) is 3.10. The highest BCUT2D eigenvalue weighted by molar-refractivity contribution is 5.99. The van der Waals surface area contributed by atoms with Crippen molar-refractivity contribution >= 4 is 22.6 Å². The third kappa shape index (κ3) is 2.57. The first kappa shape index (κ1) is 13.0. The minimum absolute atomic E-state index is 0.129. The van der Waals surface area contributed by atoms with Gasteiger partial charge in [-0.05, 0) is 30.9 Å². The van der Waals surface area contributed by atoms with Gasteiger partial charge in [-0.25, -0.2) is 9.67 Å². The lowest BCUT2D eigenvalue weighted by atomic mass is 10.2. The van der Waals surface area contributed by atoms with Crippen LogP contribution in [-0.4, -0.2) is 30.5 Å². The average Bonchev–Trinajstić information content (AvgIpc) is 3.07. The fraction of sp³-hybridized carbons (Fsp3) is 0.333. The van der Waals surface area contributed by atoms with E-state index in [2.05, 4.69) is 20.5 Å². The maximum atomic E-state index is 12.1. The maximum absolute atomic E-state index is 12.1. The SMILES string of the molecule is O=C(Cn1cncn1)Nc1nn(CC2CC2)c2ccccc12. The highest BCUT2D eigenvalue weighted by Gasteiger charge is 2.24. The Labute approximate surface area is 126 Å². The predicted molar refractivity (Wildman–Crippen MR) is 81.1 cm³/mol. The van der Waals surface area contributed by atoms with Crippen molar-refractivity contribution in [2.45, 2.75) is 25.9 Å². The van der Waals surface area contributed by atoms with Crippen LogP contribution < -0.4 is 5.32 Å². The van der Waals surface area contributed by atoms with E-state index < -0.39 is 0 Å². The largest absolute Gasteiger partial charge is 0.307 e. The molecular weight excluding hydrogens is 280 g/mol. The molecule has 0 aliphatic heterocycles. The smallest absolute Gasteiger partial charge is 0.247 e. The zero-order valence-electron chi connectivity index (χ0n) is 12.0. The number of aromatic nitrogens is 5. The van der Waals surface area contributed by atoms with Crippen molar-refractivity contribution in [3.05, 3.63) is 36.9 Å². The zero-order valence-corrected chi connectivity index (χ0v) is 12.0. The van der Waals surface area contributed by atoms with E-state index in [1.165, 1.54) is 30.2 Å². The van der Waals surface area contributed by atoms with Gasteiger partial charge in [0.2, 0.25) is 5.91 Å². The van der Waals surface area contributed by atoms with Crippen LogP contribution in [-0.2, 0) is 17.9 Å². The highest BCUT2D eigenvalue weighted by atomic mass is 16.2. The summed E-state index contributed by atoms with van der Waals surface area (Å²) in [5, 5.41) is 12.4. The molecule has 0 radical (unpaired) electrons. The second-order valence-electron chi connectivity index (χ2n) is 5.63. The van der Waals surface area contributed by atoms with E-state index in [0.29, 0.717) is 5.82 Å². The number of fused-ring (bicyclic) bond motifs is 1. The molecule has 3 aromatic rings. The number of carbonyl (C=O) groups is 1. The molecule has 2 heterocycles. The molecule has 2 aromatic heterocycles. The van der Waals surface area contributed by atoms with Crippen molar-refractivity contribution in [3.8, 4) is 0 Å². The molecule has 1 fully saturated rings. The highest BCUT2D eigenvalue weighted by Crippen LogP contribution is 2.32. The maximum Gasteiger partial charge on any atom is 0.247 e. The summed E-state index contributed by atoms with van der Waals surface area (Å²) in [6.45, 7) is 1.04. The third-order valence-corrected chi connectivity index (χ3v) is 3.82. The van der Waals surface area contributed by atoms with Gasteiger partial charge in [-0.2, -0.15) is 10.2 Å². The quantitative estimate of drug-likeness (QED) is 0.777. The van der Waals surface area contributed by atoms with Gasteiger partial charge >= 0.3 is 0 Å². The van der Waals surface area contributed by atoms with Gasteiger partial charge in [0.15, 0.2) is 5.82 Å². The number of anilines is 1. The Hall–Kier alpha value is -2.70. The summed E-state index contributed by atoms with van der Waals surface area (Å²) in [5.74, 6) is 1.18. The van der Waals surface area contributed by atoms with Crippen LogP contribution in [0.25, 0.3) is 10.9 Å². The summed E-state index contributed by atoms with van der Waals surface area (Å²) in [4.78, 5) is 15.9. The molecule has 1 saturated carbocycles. The molecule has 0 saturated heterocycles. The predicted octanol–water partition coefficient (Wildman–Crippen LogP) is 1.68. The zero-order chi connectivity index (χ0) is 14.9. The summed E-state index contributed by atoms with van der Waals surface area (Å²) in [6.07, 6.45) is 5.46. The summed E-state index contributed by atoms with van der Waals surface area (Å²) >= 11 is 0. The molecule has 0 atom stereocenters. The Morgan fingerprint density at radius 3 is 2.95 bits per heavy atom. The van der Waals surface area contributed by atoms with E-state index >= 15 is 0 Å². The first-order valence-corrected chi connectivity index (χ1v) is 7.37. The van der Waals surface area contributed by atoms with Crippen molar-refractivity contribution in [1.82, 2.24) is 24.5 Å². The van der Waals surface area contributed by atoms with Crippen LogP contribution in [0.3, 0.4) is 0 Å². The summed E-state index contributed by atoms with van der Waals surface area (Å²) in [6, 6.07) is 7.97. The van der Waals surface area contributed by atoms with Crippen LogP contribution in [0, 0.1) is 5.92 Å². The number of para-hydroxylation sites is 1. The summed E-state index contributed by atoms with van der Waals surface area (Å²) in [7, 11) is 0. The van der Waals surface area contributed by atoms with E-state index in [1.54, 1.807) is 0 Å². The number of hydrogen-bond acceptors (Lipinski definition) is 4. The normalized spacial score (nSPS) is 14.4. The lowest BCUT2D eigenvalue weighted by Gasteiger charge is -2.02. The van der Waals surface area contributed by atoms with Crippen LogP contribution >= 0.6 is 0 Å². The molecule has 4 rings (SSSR count). The minimum Gasteiger partial charge on any atom is -0.307 e. The standard InChI is InChI=1S/C15H16N6O/c22-14(8-20-10-16-9-17-20)18-15-12-3-1-2-4-13(12)21(19-15)7-11-5-6-11/h1-4,9-11H,5-8H2,(H,18,19,22). The number of rotatable bonds is 5. The molecule has 1 aromatic carbocycles. The van der Waals surface area contributed by atoms with Gasteiger partial charge in [0, 0.05) is 11.9 Å². The first-order chi connectivity index (χ1) is 10.8. The lowest BCUT2D eigenvalue weighted by molar-refractivity contribution is -0.116. The molecule has 7 heteroatoms. The number of benzene rings is 1. The Morgan fingerprint density at radius 1 is 1.32 bits per heavy atom. The van der Waals surface area contributed by atoms with Gasteiger partial charge in [-0.15, -0.1) is 0 Å². The fourth-order valence-electron chi connectivity index (χ4n) is 2.54. The van der Waals surface area contributed by atoms with Crippen LogP contribution in [0.1, 0.15) is 12.8 Å². The van der Waals surface area contributed by atoms with Crippen LogP contribution in [0.15, 0.2) is 36.9 Å². The van der Waals surface area contributed by atoms with E-state index in [4.69, 9.17) is 0 Å². The summed E-state index contributed by atoms with van der Waals surface area (Å²) < 4.78 is 3.48. The molecule has 1 aliphatic rings. The van der Waals surface area contributed by atoms with Gasteiger partial charge in [-0.3, -0.25) is 9.48 Å². The van der Waals surface area contributed by atoms with Crippen molar-refractivity contribution in [1.29, 1.82) is 0 Å². The van der Waals surface area contributed by atoms with Crippen LogP contribution in [0.5, 0.6) is 0 Å². The van der Waals surface area contributed by atoms with Crippen molar-refractivity contribution in [3.63, 3.8) is 0 Å². The third-order valence-electron chi connectivity index (χ3n) is 3.82. The molecular formula is C15H16N6O. The molecule has 0 unspecified atom stereocenters. The monoisotopic (exact) mass is 296 g/mol. The van der Waals surface area contributed by atoms with Crippen molar-refractivity contribution < 1.29 is 4.79 Å². The number of hydrogen-bond donors (Lipinski definition) is 1. The molecule has 0 bridgehead atoms. The van der Waals surface area contributed by atoms with Gasteiger partial charge < -0.3 is 5.32 Å². The fourth-order valence-corrected chi connectivity index (χ4v) is 2.54. The molecule has 1 N–H and O–H groups in total. The molecule has 112 valence electrons. The Morgan fingerprint density at radius 2 is 2.18 bits per heavy atom. The topological polar surface area (TPSA) is 77.6 Å². The molecule has 1 aliphatic carbocycles. The van der Waals surface area contributed by atoms with E-state index in [1.807, 2.05) is 28.9 Å². The molecule has 0 spiro atoms. The number of nitrogens with zero attached hydrogens (tertiary/aromatic N) is 5. The Bertz CT molecular complexity index is 803. The average molecular weight is 296 g/mol. The molecule has 22 heavy (non-hydrogen) atoms. The van der Waals surface area contributed by atoms with E-state index in [0.717, 1.165) is 23.4 Å². The Balaban J connectivity index is 1.59. The van der Waals surface area contributed by atoms with Gasteiger partial charge in [0.1, 0.15) is 19.2 Å². The van der Waals surface area contributed by atoms with Crippen molar-refractivity contribution in [2.75, 3.05) is 5.32 Å². The van der Waals surface area contributed by atoms with Gasteiger partial charge in [0.05, 0.1) is 5.52 Å².